The third kappa shape index (κ3) is 3.00. The molecule has 1 aliphatic carbocycles. The molecule has 0 spiro atoms. The first-order valence-corrected chi connectivity index (χ1v) is 7.61. The minimum atomic E-state index is -0.975. The zero-order valence-electron chi connectivity index (χ0n) is 12.2. The molecule has 6 heteroatoms. The summed E-state index contributed by atoms with van der Waals surface area (Å²) in [7, 11) is 0. The maximum atomic E-state index is 12.5. The highest BCUT2D eigenvalue weighted by Gasteiger charge is 2.39. The van der Waals surface area contributed by atoms with Crippen molar-refractivity contribution >= 4 is 23.2 Å². The number of hydrogen-bond acceptors (Lipinski definition) is 4. The molecule has 1 heterocycles. The van der Waals surface area contributed by atoms with Gasteiger partial charge in [-0.05, 0) is 19.8 Å². The van der Waals surface area contributed by atoms with Crippen LogP contribution >= 0.6 is 11.3 Å². The summed E-state index contributed by atoms with van der Waals surface area (Å²) >= 11 is 1.45. The van der Waals surface area contributed by atoms with Crippen molar-refractivity contribution in [3.8, 4) is 0 Å². The summed E-state index contributed by atoms with van der Waals surface area (Å²) in [6.45, 7) is 7.67. The molecule has 1 aromatic heterocycles. The van der Waals surface area contributed by atoms with Gasteiger partial charge in [0, 0.05) is 16.8 Å². The van der Waals surface area contributed by atoms with Crippen molar-refractivity contribution < 1.29 is 14.7 Å². The molecule has 1 saturated carbocycles. The monoisotopic (exact) mass is 296 g/mol. The van der Waals surface area contributed by atoms with Gasteiger partial charge in [-0.2, -0.15) is 0 Å². The van der Waals surface area contributed by atoms with Gasteiger partial charge < -0.3 is 10.0 Å². The average Bonchev–Trinajstić information content (AvgIpc) is 3.03. The highest BCUT2D eigenvalue weighted by molar-refractivity contribution is 7.10. The molecular formula is C14H20N2O3S. The van der Waals surface area contributed by atoms with Crippen molar-refractivity contribution in [2.75, 3.05) is 0 Å². The number of carbonyl (C=O) groups is 2. The van der Waals surface area contributed by atoms with E-state index in [1.54, 1.807) is 12.3 Å². The van der Waals surface area contributed by atoms with Gasteiger partial charge in [-0.15, -0.1) is 11.3 Å². The molecular weight excluding hydrogens is 276 g/mol. The van der Waals surface area contributed by atoms with Gasteiger partial charge in [-0.1, -0.05) is 20.8 Å². The molecule has 2 rings (SSSR count). The Morgan fingerprint density at radius 1 is 1.45 bits per heavy atom. The Balaban J connectivity index is 2.24. The Bertz CT molecular complexity index is 529. The van der Waals surface area contributed by atoms with Crippen LogP contribution in [0.15, 0.2) is 5.38 Å². The number of carboxylic acid groups (broad SMARTS) is 1. The van der Waals surface area contributed by atoms with Crippen LogP contribution in [0.1, 0.15) is 56.0 Å². The van der Waals surface area contributed by atoms with E-state index >= 15 is 0 Å². The first-order valence-electron chi connectivity index (χ1n) is 6.73. The first-order chi connectivity index (χ1) is 9.21. The molecule has 1 atom stereocenters. The lowest BCUT2D eigenvalue weighted by molar-refractivity contribution is -0.141. The van der Waals surface area contributed by atoms with Gasteiger partial charge in [-0.3, -0.25) is 4.79 Å². The third-order valence-corrected chi connectivity index (χ3v) is 4.58. The van der Waals surface area contributed by atoms with Gasteiger partial charge in [0.1, 0.15) is 11.7 Å². The van der Waals surface area contributed by atoms with Crippen molar-refractivity contribution in [1.82, 2.24) is 9.88 Å². The zero-order valence-corrected chi connectivity index (χ0v) is 13.0. The molecule has 1 aromatic rings. The van der Waals surface area contributed by atoms with Gasteiger partial charge in [-0.25, -0.2) is 9.78 Å². The van der Waals surface area contributed by atoms with Crippen molar-refractivity contribution in [2.45, 2.75) is 58.0 Å². The van der Waals surface area contributed by atoms with Crippen molar-refractivity contribution in [3.05, 3.63) is 16.1 Å². The van der Waals surface area contributed by atoms with E-state index in [0.717, 1.165) is 17.8 Å². The second kappa shape index (κ2) is 5.16. The van der Waals surface area contributed by atoms with Crippen LogP contribution in [-0.2, 0) is 10.2 Å². The van der Waals surface area contributed by atoms with Crippen LogP contribution in [0.4, 0.5) is 0 Å². The number of nitrogens with zero attached hydrogens (tertiary/aromatic N) is 2. The number of amides is 1. The van der Waals surface area contributed by atoms with Crippen LogP contribution in [-0.4, -0.2) is 39.0 Å². The Labute approximate surface area is 122 Å². The molecule has 0 radical (unpaired) electrons. The summed E-state index contributed by atoms with van der Waals surface area (Å²) in [5.41, 5.74) is 0.256. The molecule has 0 aliphatic heterocycles. The van der Waals surface area contributed by atoms with Crippen molar-refractivity contribution in [3.63, 3.8) is 0 Å². The standard InChI is InChI=1S/C14H20N2O3S/c1-8(12(18)19)16(9-5-6-9)11(17)10-7-20-13(15-10)14(2,3)4/h7-9H,5-6H2,1-4H3,(H,18,19). The molecule has 1 amide bonds. The fraction of sp³-hybridized carbons (Fsp3) is 0.643. The van der Waals surface area contributed by atoms with Gasteiger partial charge >= 0.3 is 5.97 Å². The molecule has 20 heavy (non-hydrogen) atoms. The third-order valence-electron chi connectivity index (χ3n) is 3.31. The first kappa shape index (κ1) is 15.0. The molecule has 0 saturated heterocycles. The van der Waals surface area contributed by atoms with E-state index < -0.39 is 12.0 Å². The fourth-order valence-corrected chi connectivity index (χ4v) is 2.86. The predicted molar refractivity (Wildman–Crippen MR) is 77.1 cm³/mol. The van der Waals surface area contributed by atoms with E-state index in [-0.39, 0.29) is 17.4 Å². The average molecular weight is 296 g/mol. The molecule has 1 unspecified atom stereocenters. The maximum Gasteiger partial charge on any atom is 0.326 e. The quantitative estimate of drug-likeness (QED) is 0.927. The normalized spacial score (nSPS) is 16.8. The second-order valence-electron chi connectivity index (χ2n) is 6.25. The van der Waals surface area contributed by atoms with Crippen LogP contribution in [0.5, 0.6) is 0 Å². The Morgan fingerprint density at radius 3 is 2.45 bits per heavy atom. The van der Waals surface area contributed by atoms with Crippen molar-refractivity contribution in [2.24, 2.45) is 0 Å². The topological polar surface area (TPSA) is 70.5 Å². The molecule has 1 fully saturated rings. The summed E-state index contributed by atoms with van der Waals surface area (Å²) in [6, 6.07) is -0.761. The van der Waals surface area contributed by atoms with Crippen LogP contribution < -0.4 is 0 Å². The zero-order chi connectivity index (χ0) is 15.1. The van der Waals surface area contributed by atoms with Crippen molar-refractivity contribution in [1.29, 1.82) is 0 Å². The fourth-order valence-electron chi connectivity index (χ4n) is 1.98. The number of thiazole rings is 1. The van der Waals surface area contributed by atoms with E-state index in [4.69, 9.17) is 5.11 Å². The van der Waals surface area contributed by atoms with Crippen LogP contribution in [0.25, 0.3) is 0 Å². The maximum absolute atomic E-state index is 12.5. The highest BCUT2D eigenvalue weighted by Crippen LogP contribution is 2.31. The Hall–Kier alpha value is -1.43. The number of hydrogen-bond donors (Lipinski definition) is 1. The van der Waals surface area contributed by atoms with E-state index in [1.807, 2.05) is 20.8 Å². The summed E-state index contributed by atoms with van der Waals surface area (Å²) < 4.78 is 0. The molecule has 1 N–H and O–H groups in total. The number of carbonyl (C=O) groups excluding carboxylic acids is 1. The summed E-state index contributed by atoms with van der Waals surface area (Å²) in [4.78, 5) is 29.5. The van der Waals surface area contributed by atoms with Gasteiger partial charge in [0.15, 0.2) is 0 Å². The minimum absolute atomic E-state index is 0.0494. The molecule has 0 bridgehead atoms. The number of aliphatic carboxylic acids is 1. The summed E-state index contributed by atoms with van der Waals surface area (Å²) in [6.07, 6.45) is 1.75. The smallest absolute Gasteiger partial charge is 0.326 e. The number of aromatic nitrogens is 1. The van der Waals surface area contributed by atoms with Gasteiger partial charge in [0.05, 0.1) is 5.01 Å². The lowest BCUT2D eigenvalue weighted by Crippen LogP contribution is -2.44. The SMILES string of the molecule is CC(C(=O)O)N(C(=O)c1csc(C(C)(C)C)n1)C1CC1. The lowest BCUT2D eigenvalue weighted by Gasteiger charge is -2.25. The highest BCUT2D eigenvalue weighted by atomic mass is 32.1. The number of rotatable bonds is 4. The molecule has 0 aromatic carbocycles. The molecule has 1 aliphatic rings. The lowest BCUT2D eigenvalue weighted by atomic mass is 9.98. The van der Waals surface area contributed by atoms with Gasteiger partial charge in [0.25, 0.3) is 5.91 Å². The second-order valence-corrected chi connectivity index (χ2v) is 7.10. The molecule has 110 valence electrons. The minimum Gasteiger partial charge on any atom is -0.480 e. The van der Waals surface area contributed by atoms with Gasteiger partial charge in [0.2, 0.25) is 0 Å². The number of carboxylic acids is 1. The Morgan fingerprint density at radius 2 is 2.05 bits per heavy atom. The van der Waals surface area contributed by atoms with Crippen LogP contribution in [0.3, 0.4) is 0 Å². The van der Waals surface area contributed by atoms with E-state index in [9.17, 15) is 9.59 Å². The summed E-state index contributed by atoms with van der Waals surface area (Å²) in [5, 5.41) is 11.8. The predicted octanol–water partition coefficient (Wildman–Crippen LogP) is 2.52. The summed E-state index contributed by atoms with van der Waals surface area (Å²) in [5.74, 6) is -1.24. The largest absolute Gasteiger partial charge is 0.480 e. The molecule has 5 nitrogen and oxygen atoms in total. The van der Waals surface area contributed by atoms with E-state index in [1.165, 1.54) is 16.2 Å². The van der Waals surface area contributed by atoms with Crippen LogP contribution in [0, 0.1) is 0 Å². The van der Waals surface area contributed by atoms with Crippen LogP contribution in [0.2, 0.25) is 0 Å². The Kier molecular flexibility index (Phi) is 3.86. The van der Waals surface area contributed by atoms with E-state index in [2.05, 4.69) is 4.98 Å². The van der Waals surface area contributed by atoms with E-state index in [0.29, 0.717) is 5.69 Å².